The van der Waals surface area contributed by atoms with Gasteiger partial charge in [-0.1, -0.05) is 54.6 Å². The highest BCUT2D eigenvalue weighted by Crippen LogP contribution is 2.33. The van der Waals surface area contributed by atoms with E-state index in [0.717, 1.165) is 38.9 Å². The predicted molar refractivity (Wildman–Crippen MR) is 201 cm³/mol. The number of rotatable bonds is 12. The zero-order valence-corrected chi connectivity index (χ0v) is 28.7. The molecule has 252 valence electrons. The van der Waals surface area contributed by atoms with Gasteiger partial charge in [0.2, 0.25) is 5.91 Å². The lowest BCUT2D eigenvalue weighted by atomic mass is 10.1. The summed E-state index contributed by atoms with van der Waals surface area (Å²) in [6.45, 7) is 2.97. The summed E-state index contributed by atoms with van der Waals surface area (Å²) in [5.74, 6) is -0.0742. The minimum absolute atomic E-state index is 0.00173. The van der Waals surface area contributed by atoms with E-state index in [1.54, 1.807) is 60.7 Å². The number of aryl methyl sites for hydroxylation is 1. The van der Waals surface area contributed by atoms with Crippen LogP contribution < -0.4 is 25.4 Å². The van der Waals surface area contributed by atoms with Crippen molar-refractivity contribution in [1.82, 2.24) is 9.88 Å². The summed E-state index contributed by atoms with van der Waals surface area (Å²) in [7, 11) is 3.03. The lowest BCUT2D eigenvalue weighted by molar-refractivity contribution is -0.114. The van der Waals surface area contributed by atoms with Crippen molar-refractivity contribution in [1.29, 1.82) is 0 Å². The molecule has 0 aliphatic heterocycles. The molecule has 0 aliphatic carbocycles. The molecule has 3 N–H and O–H groups in total. The highest BCUT2D eigenvalue weighted by atomic mass is 32.2. The Morgan fingerprint density at radius 3 is 2.26 bits per heavy atom. The molecule has 0 bridgehead atoms. The first-order valence-corrected chi connectivity index (χ1v) is 17.0. The van der Waals surface area contributed by atoms with Crippen LogP contribution >= 0.6 is 11.8 Å². The van der Waals surface area contributed by atoms with Crippen molar-refractivity contribution in [3.63, 3.8) is 0 Å². The van der Waals surface area contributed by atoms with Crippen molar-refractivity contribution in [3.05, 3.63) is 132 Å². The summed E-state index contributed by atoms with van der Waals surface area (Å²) in [4.78, 5) is 40.6. The van der Waals surface area contributed by atoms with Crippen molar-refractivity contribution in [2.75, 3.05) is 30.6 Å². The molecule has 10 heteroatoms. The van der Waals surface area contributed by atoms with Gasteiger partial charge in [-0.2, -0.15) is 0 Å². The molecule has 3 amide bonds. The van der Waals surface area contributed by atoms with E-state index >= 15 is 0 Å². The summed E-state index contributed by atoms with van der Waals surface area (Å²) in [5, 5.41) is 10.9. The predicted octanol–water partition coefficient (Wildman–Crippen LogP) is 7.97. The number of ether oxygens (including phenoxy) is 2. The zero-order valence-electron chi connectivity index (χ0n) is 27.9. The number of hydrogen-bond acceptors (Lipinski definition) is 6. The highest BCUT2D eigenvalue weighted by molar-refractivity contribution is 8.00. The van der Waals surface area contributed by atoms with Crippen molar-refractivity contribution in [2.45, 2.75) is 18.4 Å². The minimum Gasteiger partial charge on any atom is -0.493 e. The number of nitrogens with one attached hydrogen (secondary N) is 3. The molecule has 0 saturated carbocycles. The van der Waals surface area contributed by atoms with Gasteiger partial charge >= 0.3 is 0 Å². The number of aromatic nitrogens is 1. The number of benzene rings is 5. The summed E-state index contributed by atoms with van der Waals surface area (Å²) in [6.07, 6.45) is 1.54. The summed E-state index contributed by atoms with van der Waals surface area (Å²) < 4.78 is 13.2. The molecule has 0 atom stereocenters. The molecule has 6 aromatic rings. The van der Waals surface area contributed by atoms with Crippen LogP contribution in [0.3, 0.4) is 0 Å². The van der Waals surface area contributed by atoms with Gasteiger partial charge in [0.15, 0.2) is 11.5 Å². The van der Waals surface area contributed by atoms with E-state index in [4.69, 9.17) is 9.47 Å². The maximum Gasteiger partial charge on any atom is 0.272 e. The normalized spacial score (nSPS) is 11.3. The average molecular weight is 685 g/mol. The van der Waals surface area contributed by atoms with Crippen molar-refractivity contribution in [3.8, 4) is 11.5 Å². The number of nitrogens with zero attached hydrogens (tertiary/aromatic N) is 1. The van der Waals surface area contributed by atoms with Gasteiger partial charge in [-0.15, -0.1) is 11.8 Å². The Kier molecular flexibility index (Phi) is 10.5. The van der Waals surface area contributed by atoms with Gasteiger partial charge in [0.25, 0.3) is 11.8 Å². The third-order valence-corrected chi connectivity index (χ3v) is 9.09. The largest absolute Gasteiger partial charge is 0.493 e. The molecule has 1 heterocycles. The smallest absolute Gasteiger partial charge is 0.272 e. The van der Waals surface area contributed by atoms with Crippen LogP contribution in [0.25, 0.3) is 27.9 Å². The van der Waals surface area contributed by atoms with E-state index in [2.05, 4.69) is 39.6 Å². The van der Waals surface area contributed by atoms with Crippen LogP contribution in [-0.4, -0.2) is 42.3 Å². The Labute approximate surface area is 294 Å². The van der Waals surface area contributed by atoms with Gasteiger partial charge in [0.1, 0.15) is 5.70 Å². The first kappa shape index (κ1) is 33.9. The van der Waals surface area contributed by atoms with Gasteiger partial charge in [0, 0.05) is 55.7 Å². The van der Waals surface area contributed by atoms with E-state index in [1.807, 2.05) is 42.5 Å². The lowest BCUT2D eigenvalue weighted by Gasteiger charge is -2.14. The molecule has 0 fully saturated rings. The summed E-state index contributed by atoms with van der Waals surface area (Å²) in [5.41, 5.74) is 4.45. The van der Waals surface area contributed by atoms with Crippen molar-refractivity contribution < 1.29 is 23.9 Å². The Morgan fingerprint density at radius 1 is 0.740 bits per heavy atom. The number of hydrogen-bond donors (Lipinski definition) is 3. The fraction of sp³-hybridized carbons (Fsp3) is 0.125. The van der Waals surface area contributed by atoms with E-state index < -0.39 is 11.8 Å². The van der Waals surface area contributed by atoms with E-state index in [1.165, 1.54) is 32.1 Å². The third-order valence-electron chi connectivity index (χ3n) is 8.10. The lowest BCUT2D eigenvalue weighted by Crippen LogP contribution is -2.30. The first-order valence-electron chi connectivity index (χ1n) is 16.0. The molecule has 0 aliphatic rings. The topological polar surface area (TPSA) is 111 Å². The Morgan fingerprint density at radius 2 is 1.48 bits per heavy atom. The summed E-state index contributed by atoms with van der Waals surface area (Å²) >= 11 is 1.35. The van der Waals surface area contributed by atoms with Crippen LogP contribution in [0.15, 0.2) is 126 Å². The number of carbonyl (C=O) groups is 3. The molecule has 5 aromatic carbocycles. The number of methoxy groups -OCH3 is 2. The molecule has 0 saturated heterocycles. The standard InChI is InChI=1S/C40H36N4O5S/c1-4-44-34-18-9-8-17-31(34)32-24-29(20-21-35(32)44)41-37(45)25-50-30-16-11-15-28(23-30)42-40(47)33(43-39(46)26-12-6-5-7-13-26)22-27-14-10-19-36(48-2)38(27)49-3/h5-24H,4,25H2,1-3H3,(H,41,45)(H,42,47)(H,43,46)/b33-22+. The number of thioether (sulfide) groups is 1. The molecule has 1 aromatic heterocycles. The van der Waals surface area contributed by atoms with Crippen molar-refractivity contribution >= 4 is 68.7 Å². The number of amides is 3. The number of anilines is 2. The maximum atomic E-state index is 13.7. The second-order valence-corrected chi connectivity index (χ2v) is 12.3. The Bertz CT molecular complexity index is 2230. The quantitative estimate of drug-likeness (QED) is 0.0891. The molecule has 9 nitrogen and oxygen atoms in total. The van der Waals surface area contributed by atoms with Gasteiger partial charge in [-0.25, -0.2) is 0 Å². The zero-order chi connectivity index (χ0) is 35.0. The van der Waals surface area contributed by atoms with Crippen LogP contribution in [0.5, 0.6) is 11.5 Å². The maximum absolute atomic E-state index is 13.7. The SMILES string of the molecule is CCn1c2ccccc2c2cc(NC(=O)CSc3cccc(NC(=O)/C(=C\c4cccc(OC)c4OC)NC(=O)c4ccccc4)c3)ccc21. The minimum atomic E-state index is -0.543. The molecule has 6 rings (SSSR count). The Hall–Kier alpha value is -6.00. The first-order chi connectivity index (χ1) is 24.4. The molecular formula is C40H36N4O5S. The van der Waals surface area contributed by atoms with Crippen LogP contribution in [0.1, 0.15) is 22.8 Å². The van der Waals surface area contributed by atoms with Crippen LogP contribution in [0.4, 0.5) is 11.4 Å². The van der Waals surface area contributed by atoms with Crippen LogP contribution in [-0.2, 0) is 16.1 Å². The van der Waals surface area contributed by atoms with Gasteiger partial charge in [0.05, 0.1) is 20.0 Å². The highest BCUT2D eigenvalue weighted by Gasteiger charge is 2.18. The van der Waals surface area contributed by atoms with Gasteiger partial charge < -0.3 is 30.0 Å². The van der Waals surface area contributed by atoms with Gasteiger partial charge in [-0.05, 0) is 73.7 Å². The Balaban J connectivity index is 1.16. The van der Waals surface area contributed by atoms with E-state index in [0.29, 0.717) is 28.3 Å². The number of carbonyl (C=O) groups excluding carboxylic acids is 3. The van der Waals surface area contributed by atoms with Crippen molar-refractivity contribution in [2.24, 2.45) is 0 Å². The molecule has 50 heavy (non-hydrogen) atoms. The average Bonchev–Trinajstić information content (AvgIpc) is 3.46. The molecule has 0 unspecified atom stereocenters. The van der Waals surface area contributed by atoms with Crippen LogP contribution in [0.2, 0.25) is 0 Å². The fourth-order valence-electron chi connectivity index (χ4n) is 5.80. The monoisotopic (exact) mass is 684 g/mol. The van der Waals surface area contributed by atoms with E-state index in [-0.39, 0.29) is 17.4 Å². The van der Waals surface area contributed by atoms with Gasteiger partial charge in [-0.3, -0.25) is 14.4 Å². The third kappa shape index (κ3) is 7.50. The number of para-hydroxylation sites is 2. The molecule has 0 radical (unpaired) electrons. The molecule has 0 spiro atoms. The summed E-state index contributed by atoms with van der Waals surface area (Å²) in [6, 6.07) is 35.3. The molecular weight excluding hydrogens is 649 g/mol. The second-order valence-electron chi connectivity index (χ2n) is 11.3. The second kappa shape index (κ2) is 15.5. The van der Waals surface area contributed by atoms with Crippen LogP contribution in [0, 0.1) is 0 Å². The van der Waals surface area contributed by atoms with E-state index in [9.17, 15) is 14.4 Å². The fourth-order valence-corrected chi connectivity index (χ4v) is 6.56. The number of fused-ring (bicyclic) bond motifs is 3.